The molecule has 0 unspecified atom stereocenters. The summed E-state index contributed by atoms with van der Waals surface area (Å²) in [6.45, 7) is 0.399. The number of carbonyl (C=O) groups is 1. The fourth-order valence-corrected chi connectivity index (χ4v) is 3.88. The number of H-pyrrole nitrogens is 1. The van der Waals surface area contributed by atoms with Crippen LogP contribution in [-0.2, 0) is 11.3 Å². The van der Waals surface area contributed by atoms with Crippen molar-refractivity contribution in [1.29, 1.82) is 0 Å². The molecule has 0 bridgehead atoms. The van der Waals surface area contributed by atoms with Gasteiger partial charge in [0.05, 0.1) is 6.20 Å². The minimum atomic E-state index is -0.401. The molecule has 0 radical (unpaired) electrons. The summed E-state index contributed by atoms with van der Waals surface area (Å²) in [7, 11) is 0. The van der Waals surface area contributed by atoms with Gasteiger partial charge in [0.2, 0.25) is 0 Å². The molecule has 1 fully saturated rings. The fourth-order valence-electron chi connectivity index (χ4n) is 3.88. The Labute approximate surface area is 178 Å². The molecule has 0 saturated heterocycles. The van der Waals surface area contributed by atoms with Gasteiger partial charge in [-0.3, -0.25) is 10.1 Å². The molecule has 3 N–H and O–H groups in total. The van der Waals surface area contributed by atoms with Crippen molar-refractivity contribution in [2.24, 2.45) is 0 Å². The number of rotatable bonds is 6. The topological polar surface area (TPSA) is 122 Å². The summed E-state index contributed by atoms with van der Waals surface area (Å²) >= 11 is 0. The maximum atomic E-state index is 12.1. The van der Waals surface area contributed by atoms with Crippen molar-refractivity contribution in [3.05, 3.63) is 66.5 Å². The lowest BCUT2D eigenvalue weighted by atomic mass is 10.0. The molecule has 10 heteroatoms. The van der Waals surface area contributed by atoms with Gasteiger partial charge < -0.3 is 15.4 Å². The number of aromatic nitrogens is 6. The van der Waals surface area contributed by atoms with Crippen LogP contribution in [0.5, 0.6) is 0 Å². The summed E-state index contributed by atoms with van der Waals surface area (Å²) in [6.07, 6.45) is 10.6. The first kappa shape index (κ1) is 19.0. The van der Waals surface area contributed by atoms with Crippen molar-refractivity contribution < 1.29 is 9.53 Å². The molecular weight excluding hydrogens is 396 g/mol. The van der Waals surface area contributed by atoms with E-state index in [1.165, 1.54) is 0 Å². The number of ether oxygens (including phenoxy) is 1. The number of nitrogens with zero attached hydrogens (tertiary/aromatic N) is 5. The van der Waals surface area contributed by atoms with Crippen molar-refractivity contribution in [1.82, 2.24) is 35.1 Å². The highest BCUT2D eigenvalue weighted by molar-refractivity contribution is 5.71. The number of pyridine rings is 1. The van der Waals surface area contributed by atoms with Crippen LogP contribution in [0.15, 0.2) is 55.2 Å². The number of carbonyl (C=O) groups excluding carboxylic acids is 1. The average Bonchev–Trinajstić information content (AvgIpc) is 3.54. The second kappa shape index (κ2) is 8.42. The summed E-state index contributed by atoms with van der Waals surface area (Å²) < 4.78 is 7.34. The van der Waals surface area contributed by atoms with Gasteiger partial charge in [-0.15, -0.1) is 0 Å². The molecular formula is C21H22N8O2. The number of aromatic amines is 1. The molecule has 0 aliphatic heterocycles. The highest BCUT2D eigenvalue weighted by Gasteiger charge is 2.30. The Balaban J connectivity index is 1.15. The van der Waals surface area contributed by atoms with Crippen molar-refractivity contribution in [3.8, 4) is 0 Å². The van der Waals surface area contributed by atoms with E-state index in [1.807, 2.05) is 24.3 Å². The van der Waals surface area contributed by atoms with Crippen LogP contribution in [0.3, 0.4) is 0 Å². The lowest BCUT2D eigenvalue weighted by Gasteiger charge is -2.13. The second-order valence-corrected chi connectivity index (χ2v) is 7.52. The molecule has 4 heterocycles. The number of alkyl carbamates (subject to hydrolysis) is 1. The summed E-state index contributed by atoms with van der Waals surface area (Å²) in [5, 5.41) is 17.7. The molecule has 158 valence electrons. The van der Waals surface area contributed by atoms with E-state index in [0.29, 0.717) is 18.2 Å². The van der Waals surface area contributed by atoms with Gasteiger partial charge in [0.1, 0.15) is 11.6 Å². The van der Waals surface area contributed by atoms with Gasteiger partial charge in [0, 0.05) is 49.0 Å². The van der Waals surface area contributed by atoms with Crippen LogP contribution in [0.1, 0.15) is 36.4 Å². The van der Waals surface area contributed by atoms with Crippen LogP contribution in [0, 0.1) is 0 Å². The summed E-state index contributed by atoms with van der Waals surface area (Å²) in [6, 6.07) is 7.62. The summed E-state index contributed by atoms with van der Waals surface area (Å²) in [4.78, 5) is 20.5. The molecule has 2 atom stereocenters. The van der Waals surface area contributed by atoms with Crippen molar-refractivity contribution in [3.63, 3.8) is 0 Å². The van der Waals surface area contributed by atoms with E-state index >= 15 is 0 Å². The fraction of sp³-hybridized carbons (Fsp3) is 0.286. The lowest BCUT2D eigenvalue weighted by molar-refractivity contribution is 0.0996. The number of amides is 1. The van der Waals surface area contributed by atoms with E-state index in [0.717, 1.165) is 36.0 Å². The van der Waals surface area contributed by atoms with Gasteiger partial charge in [0.15, 0.2) is 11.6 Å². The third kappa shape index (κ3) is 4.32. The highest BCUT2D eigenvalue weighted by Crippen LogP contribution is 2.36. The molecule has 1 saturated carbocycles. The normalized spacial score (nSPS) is 18.2. The smallest absolute Gasteiger partial charge is 0.407 e. The first-order valence-electron chi connectivity index (χ1n) is 10.2. The maximum Gasteiger partial charge on any atom is 0.407 e. The Bertz CT molecular complexity index is 1170. The largest absolute Gasteiger partial charge is 0.446 e. The minimum absolute atomic E-state index is 0.110. The van der Waals surface area contributed by atoms with E-state index in [9.17, 15) is 4.79 Å². The van der Waals surface area contributed by atoms with E-state index in [2.05, 4.69) is 35.9 Å². The Morgan fingerprint density at radius 1 is 1.26 bits per heavy atom. The van der Waals surface area contributed by atoms with Gasteiger partial charge in [-0.1, -0.05) is 6.07 Å². The molecule has 1 amide bonds. The zero-order valence-electron chi connectivity index (χ0n) is 16.7. The zero-order valence-corrected chi connectivity index (χ0v) is 16.7. The molecule has 0 aromatic carbocycles. The van der Waals surface area contributed by atoms with E-state index < -0.39 is 6.09 Å². The first-order valence-corrected chi connectivity index (χ1v) is 10.2. The quantitative estimate of drug-likeness (QED) is 0.440. The standard InChI is InChI=1S/C21H22N8O2/c30-21(24-13-14-2-1-6-22-12-14)31-16-4-3-15(10-16)17-11-19(28-27-17)26-20-18-5-7-25-29(18)9-8-23-20/h1-2,5-9,11-12,15-16H,3-4,10,13H2,(H,24,30)(H2,23,26,27,28)/t15-,16+/m0/s1. The van der Waals surface area contributed by atoms with E-state index in [1.54, 1.807) is 35.5 Å². The van der Waals surface area contributed by atoms with Gasteiger partial charge in [-0.05, 0) is 37.0 Å². The van der Waals surface area contributed by atoms with Crippen molar-refractivity contribution in [2.75, 3.05) is 5.32 Å². The predicted molar refractivity (Wildman–Crippen MR) is 113 cm³/mol. The molecule has 10 nitrogen and oxygen atoms in total. The Hall–Kier alpha value is -3.95. The minimum Gasteiger partial charge on any atom is -0.446 e. The Kier molecular flexibility index (Phi) is 5.17. The molecule has 31 heavy (non-hydrogen) atoms. The Morgan fingerprint density at radius 2 is 2.23 bits per heavy atom. The average molecular weight is 418 g/mol. The number of nitrogens with one attached hydrogen (secondary N) is 3. The van der Waals surface area contributed by atoms with Gasteiger partial charge in [-0.2, -0.15) is 10.2 Å². The Morgan fingerprint density at radius 3 is 3.13 bits per heavy atom. The number of anilines is 2. The predicted octanol–water partition coefficient (Wildman–Crippen LogP) is 3.15. The van der Waals surface area contributed by atoms with Gasteiger partial charge >= 0.3 is 6.09 Å². The van der Waals surface area contributed by atoms with Crippen molar-refractivity contribution in [2.45, 2.75) is 37.8 Å². The van der Waals surface area contributed by atoms with Crippen LogP contribution >= 0.6 is 0 Å². The monoisotopic (exact) mass is 418 g/mol. The molecule has 1 aliphatic carbocycles. The lowest BCUT2D eigenvalue weighted by Crippen LogP contribution is -2.27. The third-order valence-electron chi connectivity index (χ3n) is 5.43. The van der Waals surface area contributed by atoms with E-state index in [-0.39, 0.29) is 12.0 Å². The van der Waals surface area contributed by atoms with Crippen molar-refractivity contribution >= 4 is 23.2 Å². The zero-order chi connectivity index (χ0) is 21.0. The van der Waals surface area contributed by atoms with Gasteiger partial charge in [-0.25, -0.2) is 14.3 Å². The molecule has 4 aromatic heterocycles. The molecule has 0 spiro atoms. The number of fused-ring (bicyclic) bond motifs is 1. The SMILES string of the molecule is O=C(NCc1cccnc1)O[C@@H]1CC[C@H](c2cc(Nc3nccn4nccc34)n[nH]2)C1. The molecule has 4 aromatic rings. The first-order chi connectivity index (χ1) is 15.2. The van der Waals surface area contributed by atoms with Crippen LogP contribution in [-0.4, -0.2) is 42.0 Å². The van der Waals surface area contributed by atoms with Crippen LogP contribution in [0.2, 0.25) is 0 Å². The van der Waals surface area contributed by atoms with Gasteiger partial charge in [0.25, 0.3) is 0 Å². The second-order valence-electron chi connectivity index (χ2n) is 7.52. The number of hydrogen-bond acceptors (Lipinski definition) is 7. The van der Waals surface area contributed by atoms with Crippen LogP contribution in [0.4, 0.5) is 16.4 Å². The molecule has 1 aliphatic rings. The highest BCUT2D eigenvalue weighted by atomic mass is 16.6. The van der Waals surface area contributed by atoms with Crippen LogP contribution in [0.25, 0.3) is 5.52 Å². The summed E-state index contributed by atoms with van der Waals surface area (Å²) in [5.74, 6) is 1.64. The molecule has 5 rings (SSSR count). The summed E-state index contributed by atoms with van der Waals surface area (Å²) in [5.41, 5.74) is 2.82. The number of hydrogen-bond donors (Lipinski definition) is 3. The van der Waals surface area contributed by atoms with Crippen LogP contribution < -0.4 is 10.6 Å². The third-order valence-corrected chi connectivity index (χ3v) is 5.43. The maximum absolute atomic E-state index is 12.1. The van der Waals surface area contributed by atoms with E-state index in [4.69, 9.17) is 4.74 Å².